The summed E-state index contributed by atoms with van der Waals surface area (Å²) in [5.41, 5.74) is 0.932. The lowest BCUT2D eigenvalue weighted by Crippen LogP contribution is -2.42. The number of hydrogen-bond acceptors (Lipinski definition) is 4. The Morgan fingerprint density at radius 1 is 1.04 bits per heavy atom. The molecule has 1 heterocycles. The number of ether oxygens (including phenoxy) is 1. The molecule has 0 aromatic heterocycles. The minimum absolute atomic E-state index is 0.449. The number of carbonyl (C=O) groups excluding carboxylic acids is 1. The Labute approximate surface area is 169 Å². The molecule has 0 radical (unpaired) electrons. The lowest BCUT2D eigenvalue weighted by molar-refractivity contribution is 0.0547. The van der Waals surface area contributed by atoms with Crippen molar-refractivity contribution in [1.82, 2.24) is 0 Å². The molecule has 1 aliphatic heterocycles. The summed E-state index contributed by atoms with van der Waals surface area (Å²) in [7, 11) is 0. The van der Waals surface area contributed by atoms with Gasteiger partial charge in [-0.1, -0.05) is 60.3 Å². The molecule has 2 atom stereocenters. The van der Waals surface area contributed by atoms with Crippen molar-refractivity contribution in [2.24, 2.45) is 0 Å². The maximum absolute atomic E-state index is 13.0. The number of anilines is 1. The first kappa shape index (κ1) is 18.8. The van der Waals surface area contributed by atoms with Crippen molar-refractivity contribution in [1.29, 1.82) is 0 Å². The topological polar surface area (TPSA) is 49.8 Å². The van der Waals surface area contributed by atoms with Crippen molar-refractivity contribution in [3.8, 4) is 0 Å². The van der Waals surface area contributed by atoms with Crippen LogP contribution in [0.4, 0.5) is 10.5 Å². The van der Waals surface area contributed by atoms with Crippen molar-refractivity contribution in [2.75, 3.05) is 4.90 Å². The highest BCUT2D eigenvalue weighted by Gasteiger charge is 2.41. The summed E-state index contributed by atoms with van der Waals surface area (Å²) in [6.45, 7) is 5.53. The molecule has 0 bridgehead atoms. The van der Waals surface area contributed by atoms with E-state index in [1.165, 1.54) is 11.8 Å². The molecule has 0 aliphatic carbocycles. The standard InChI is InChI=1S/C23H23NO3S/c1-23(2,3)27-22(26)24-18-10-6-7-11-19(18)28-21(24)20(25)17-13-12-15-8-4-5-9-16(15)14-17/h4-14,20-21,25H,1-3H3/t20-,21-/m1/s1. The lowest BCUT2D eigenvalue weighted by atomic mass is 10.0. The van der Waals surface area contributed by atoms with Crippen molar-refractivity contribution >= 4 is 34.3 Å². The molecular weight excluding hydrogens is 370 g/mol. The molecule has 4 nitrogen and oxygen atoms in total. The van der Waals surface area contributed by atoms with Crippen LogP contribution in [0, 0.1) is 0 Å². The fraction of sp³-hybridized carbons (Fsp3) is 0.261. The Morgan fingerprint density at radius 2 is 1.71 bits per heavy atom. The zero-order valence-electron chi connectivity index (χ0n) is 16.1. The van der Waals surface area contributed by atoms with Gasteiger partial charge in [0, 0.05) is 4.90 Å². The van der Waals surface area contributed by atoms with Gasteiger partial charge < -0.3 is 9.84 Å². The molecular formula is C23H23NO3S. The van der Waals surface area contributed by atoms with Crippen molar-refractivity contribution in [2.45, 2.75) is 42.7 Å². The molecule has 0 fully saturated rings. The Hall–Kier alpha value is -2.50. The molecule has 0 spiro atoms. The van der Waals surface area contributed by atoms with Crippen LogP contribution in [0.2, 0.25) is 0 Å². The summed E-state index contributed by atoms with van der Waals surface area (Å²) in [4.78, 5) is 15.5. The maximum Gasteiger partial charge on any atom is 0.415 e. The number of para-hydroxylation sites is 1. The molecule has 144 valence electrons. The number of fused-ring (bicyclic) bond motifs is 2. The van der Waals surface area contributed by atoms with Crippen LogP contribution < -0.4 is 4.90 Å². The van der Waals surface area contributed by atoms with E-state index in [1.807, 2.05) is 87.5 Å². The van der Waals surface area contributed by atoms with Gasteiger partial charge in [0.1, 0.15) is 17.1 Å². The molecule has 0 unspecified atom stereocenters. The van der Waals surface area contributed by atoms with E-state index < -0.39 is 23.2 Å². The summed E-state index contributed by atoms with van der Waals surface area (Å²) < 4.78 is 5.63. The number of amides is 1. The lowest BCUT2D eigenvalue weighted by Gasteiger charge is -2.31. The SMILES string of the molecule is CC(C)(C)OC(=O)N1c2ccccc2S[C@@H]1[C@H](O)c1ccc2ccccc2c1. The summed E-state index contributed by atoms with van der Waals surface area (Å²) in [5, 5.41) is 12.9. The Morgan fingerprint density at radius 3 is 2.46 bits per heavy atom. The smallest absolute Gasteiger partial charge is 0.415 e. The minimum atomic E-state index is -0.852. The van der Waals surface area contributed by atoms with Crippen LogP contribution in [-0.4, -0.2) is 22.2 Å². The number of hydrogen-bond donors (Lipinski definition) is 1. The summed E-state index contributed by atoms with van der Waals surface area (Å²) in [6.07, 6.45) is -1.30. The molecule has 4 rings (SSSR count). The van der Waals surface area contributed by atoms with Crippen LogP contribution >= 0.6 is 11.8 Å². The number of aliphatic hydroxyl groups excluding tert-OH is 1. The average Bonchev–Trinajstić information content (AvgIpc) is 3.05. The predicted octanol–water partition coefficient (Wildman–Crippen LogP) is 5.75. The summed E-state index contributed by atoms with van der Waals surface area (Å²) in [5.74, 6) is 0. The van der Waals surface area contributed by atoms with Gasteiger partial charge in [-0.2, -0.15) is 0 Å². The van der Waals surface area contributed by atoms with Crippen LogP contribution in [0.3, 0.4) is 0 Å². The summed E-state index contributed by atoms with van der Waals surface area (Å²) in [6, 6.07) is 21.6. The second kappa shape index (κ2) is 7.15. The molecule has 1 aliphatic rings. The number of benzene rings is 3. The fourth-order valence-electron chi connectivity index (χ4n) is 3.35. The third kappa shape index (κ3) is 3.60. The van der Waals surface area contributed by atoms with Crippen LogP contribution in [0.1, 0.15) is 32.4 Å². The summed E-state index contributed by atoms with van der Waals surface area (Å²) >= 11 is 1.48. The maximum atomic E-state index is 13.0. The zero-order valence-corrected chi connectivity index (χ0v) is 16.9. The number of thioether (sulfide) groups is 1. The second-order valence-corrected chi connectivity index (χ2v) is 9.04. The number of aliphatic hydroxyl groups is 1. The first-order chi connectivity index (χ1) is 13.3. The molecule has 28 heavy (non-hydrogen) atoms. The molecule has 1 amide bonds. The number of carbonyl (C=O) groups is 1. The van der Waals surface area contributed by atoms with E-state index in [9.17, 15) is 9.90 Å². The van der Waals surface area contributed by atoms with Crippen molar-refractivity contribution < 1.29 is 14.6 Å². The number of rotatable bonds is 2. The van der Waals surface area contributed by atoms with E-state index in [2.05, 4.69) is 0 Å². The van der Waals surface area contributed by atoms with Gasteiger partial charge in [0.05, 0.1) is 5.69 Å². The first-order valence-corrected chi connectivity index (χ1v) is 10.2. The molecule has 0 saturated carbocycles. The molecule has 5 heteroatoms. The van der Waals surface area contributed by atoms with Gasteiger partial charge in [-0.3, -0.25) is 4.90 Å². The van der Waals surface area contributed by atoms with E-state index in [0.717, 1.165) is 26.9 Å². The van der Waals surface area contributed by atoms with Crippen molar-refractivity contribution in [3.05, 3.63) is 72.3 Å². The average molecular weight is 394 g/mol. The third-order valence-electron chi connectivity index (χ3n) is 4.60. The van der Waals surface area contributed by atoms with Gasteiger partial charge in [0.2, 0.25) is 0 Å². The second-order valence-electron chi connectivity index (χ2n) is 7.88. The predicted molar refractivity (Wildman–Crippen MR) is 114 cm³/mol. The van der Waals surface area contributed by atoms with Gasteiger partial charge in [-0.25, -0.2) is 4.79 Å². The van der Waals surface area contributed by atoms with Gasteiger partial charge in [0.15, 0.2) is 0 Å². The van der Waals surface area contributed by atoms with E-state index in [-0.39, 0.29) is 0 Å². The molecule has 1 N–H and O–H groups in total. The highest BCUT2D eigenvalue weighted by atomic mass is 32.2. The Balaban J connectivity index is 1.70. The van der Waals surface area contributed by atoms with Crippen LogP contribution in [0.25, 0.3) is 10.8 Å². The van der Waals surface area contributed by atoms with Crippen molar-refractivity contribution in [3.63, 3.8) is 0 Å². The largest absolute Gasteiger partial charge is 0.443 e. The van der Waals surface area contributed by atoms with E-state index >= 15 is 0 Å². The van der Waals surface area contributed by atoms with Crippen LogP contribution in [0.5, 0.6) is 0 Å². The molecule has 3 aromatic rings. The first-order valence-electron chi connectivity index (χ1n) is 9.28. The van der Waals surface area contributed by atoms with Crippen LogP contribution in [0.15, 0.2) is 71.6 Å². The Bertz CT molecular complexity index is 1030. The van der Waals surface area contributed by atoms with Crippen LogP contribution in [-0.2, 0) is 4.74 Å². The quantitative estimate of drug-likeness (QED) is 0.602. The van der Waals surface area contributed by atoms with Gasteiger partial charge in [-0.05, 0) is 55.3 Å². The fourth-order valence-corrected chi connectivity index (χ4v) is 4.65. The van der Waals surface area contributed by atoms with Gasteiger partial charge in [0.25, 0.3) is 0 Å². The van der Waals surface area contributed by atoms with E-state index in [1.54, 1.807) is 4.90 Å². The number of nitrogens with zero attached hydrogens (tertiary/aromatic N) is 1. The minimum Gasteiger partial charge on any atom is -0.443 e. The van der Waals surface area contributed by atoms with Gasteiger partial charge >= 0.3 is 6.09 Å². The van der Waals surface area contributed by atoms with E-state index in [4.69, 9.17) is 4.74 Å². The molecule has 3 aromatic carbocycles. The highest BCUT2D eigenvalue weighted by Crippen LogP contribution is 2.48. The zero-order chi connectivity index (χ0) is 19.9. The van der Waals surface area contributed by atoms with E-state index in [0.29, 0.717) is 0 Å². The van der Waals surface area contributed by atoms with Gasteiger partial charge in [-0.15, -0.1) is 0 Å². The normalized spacial score (nSPS) is 17.4. The molecule has 0 saturated heterocycles. The highest BCUT2D eigenvalue weighted by molar-refractivity contribution is 8.00. The monoisotopic (exact) mass is 393 g/mol. The third-order valence-corrected chi connectivity index (χ3v) is 5.91. The Kier molecular flexibility index (Phi) is 4.81.